The average molecular weight is 348 g/mol. The van der Waals surface area contributed by atoms with Crippen LogP contribution in [-0.4, -0.2) is 30.1 Å². The third-order valence-electron chi connectivity index (χ3n) is 4.01. The van der Waals surface area contributed by atoms with Crippen LogP contribution in [0.5, 0.6) is 5.75 Å². The largest absolute Gasteiger partial charge is 0.487 e. The summed E-state index contributed by atoms with van der Waals surface area (Å²) in [5, 5.41) is 5.13. The van der Waals surface area contributed by atoms with E-state index in [-0.39, 0.29) is 24.0 Å². The second-order valence-electron chi connectivity index (χ2n) is 5.90. The molecule has 1 fully saturated rings. The van der Waals surface area contributed by atoms with Crippen molar-refractivity contribution in [1.82, 2.24) is 10.2 Å². The Hall–Kier alpha value is -2.08. The summed E-state index contributed by atoms with van der Waals surface area (Å²) in [5.74, 6) is 0.344. The van der Waals surface area contributed by atoms with E-state index in [0.717, 1.165) is 12.8 Å². The number of carbonyl (C=O) groups excluding carboxylic acids is 1. The van der Waals surface area contributed by atoms with Crippen LogP contribution in [0.3, 0.4) is 0 Å². The van der Waals surface area contributed by atoms with Crippen LogP contribution in [0.2, 0.25) is 0 Å². The minimum absolute atomic E-state index is 0.0347. The Labute approximate surface area is 145 Å². The highest BCUT2D eigenvalue weighted by Gasteiger charge is 2.33. The number of hydrogen-bond acceptors (Lipinski definition) is 3. The first-order valence-corrected chi connectivity index (χ1v) is 9.04. The Morgan fingerprint density at radius 2 is 2.12 bits per heavy atom. The molecule has 1 N–H and O–H groups in total. The summed E-state index contributed by atoms with van der Waals surface area (Å²) in [4.78, 5) is 15.3. The fourth-order valence-electron chi connectivity index (χ4n) is 2.69. The van der Waals surface area contributed by atoms with E-state index in [4.69, 9.17) is 4.74 Å². The highest BCUT2D eigenvalue weighted by molar-refractivity contribution is 7.10. The Balaban J connectivity index is 1.48. The lowest BCUT2D eigenvalue weighted by atomic mass is 10.1. The average Bonchev–Trinajstić information content (AvgIpc) is 3.06. The molecule has 1 aliphatic rings. The zero-order valence-electron chi connectivity index (χ0n) is 13.6. The maximum absolute atomic E-state index is 12.9. The number of benzene rings is 1. The molecular formula is C18H21FN2O2S. The minimum Gasteiger partial charge on any atom is -0.487 e. The molecule has 1 aromatic carbocycles. The fraction of sp³-hybridized carbons (Fsp3) is 0.389. The van der Waals surface area contributed by atoms with E-state index in [0.29, 0.717) is 18.8 Å². The first kappa shape index (κ1) is 16.8. The van der Waals surface area contributed by atoms with Crippen molar-refractivity contribution in [1.29, 1.82) is 0 Å². The molecule has 2 amide bonds. The molecule has 0 saturated carbocycles. The summed E-state index contributed by atoms with van der Waals surface area (Å²) < 4.78 is 18.6. The van der Waals surface area contributed by atoms with Crippen LogP contribution in [0.1, 0.15) is 30.7 Å². The molecule has 0 radical (unpaired) electrons. The zero-order valence-corrected chi connectivity index (χ0v) is 14.4. The number of likely N-dealkylation sites (tertiary alicyclic amines) is 1. The van der Waals surface area contributed by atoms with E-state index < -0.39 is 0 Å². The van der Waals surface area contributed by atoms with Gasteiger partial charge in [-0.2, -0.15) is 0 Å². The van der Waals surface area contributed by atoms with Gasteiger partial charge in [-0.05, 0) is 42.1 Å². The van der Waals surface area contributed by atoms with Crippen molar-refractivity contribution in [3.8, 4) is 5.75 Å². The molecule has 128 valence electrons. The van der Waals surface area contributed by atoms with Crippen molar-refractivity contribution in [2.24, 2.45) is 0 Å². The van der Waals surface area contributed by atoms with Gasteiger partial charge in [0.25, 0.3) is 0 Å². The van der Waals surface area contributed by atoms with E-state index in [2.05, 4.69) is 18.3 Å². The topological polar surface area (TPSA) is 41.6 Å². The molecule has 1 saturated heterocycles. The fourth-order valence-corrected chi connectivity index (χ4v) is 3.50. The summed E-state index contributed by atoms with van der Waals surface area (Å²) in [7, 11) is 0. The lowest BCUT2D eigenvalue weighted by Gasteiger charge is -2.39. The van der Waals surface area contributed by atoms with Crippen LogP contribution >= 0.6 is 11.3 Å². The summed E-state index contributed by atoms with van der Waals surface area (Å²) in [5.41, 5.74) is 0. The highest BCUT2D eigenvalue weighted by atomic mass is 32.1. The second kappa shape index (κ2) is 7.66. The molecule has 0 unspecified atom stereocenters. The molecule has 0 aliphatic carbocycles. The number of carbonyl (C=O) groups is 1. The van der Waals surface area contributed by atoms with Gasteiger partial charge >= 0.3 is 6.03 Å². The highest BCUT2D eigenvalue weighted by Crippen LogP contribution is 2.24. The van der Waals surface area contributed by atoms with Gasteiger partial charge in [0.05, 0.1) is 19.1 Å². The third-order valence-corrected chi connectivity index (χ3v) is 5.00. The van der Waals surface area contributed by atoms with Gasteiger partial charge in [-0.3, -0.25) is 0 Å². The van der Waals surface area contributed by atoms with Crippen LogP contribution in [0.15, 0.2) is 41.8 Å². The van der Waals surface area contributed by atoms with Crippen LogP contribution in [0.25, 0.3) is 0 Å². The molecule has 1 aliphatic heterocycles. The number of nitrogens with one attached hydrogen (secondary N) is 1. The maximum atomic E-state index is 12.9. The van der Waals surface area contributed by atoms with Gasteiger partial charge in [0, 0.05) is 4.88 Å². The third kappa shape index (κ3) is 4.06. The lowest BCUT2D eigenvalue weighted by molar-refractivity contribution is 0.0433. The van der Waals surface area contributed by atoms with Gasteiger partial charge in [0.1, 0.15) is 17.7 Å². The molecule has 4 nitrogen and oxygen atoms in total. The van der Waals surface area contributed by atoms with E-state index in [1.807, 2.05) is 11.4 Å². The number of halogens is 1. The zero-order chi connectivity index (χ0) is 16.9. The van der Waals surface area contributed by atoms with Gasteiger partial charge in [-0.25, -0.2) is 9.18 Å². The van der Waals surface area contributed by atoms with E-state index in [9.17, 15) is 9.18 Å². The molecule has 6 heteroatoms. The van der Waals surface area contributed by atoms with Gasteiger partial charge in [0.2, 0.25) is 0 Å². The quantitative estimate of drug-likeness (QED) is 0.850. The van der Waals surface area contributed by atoms with Gasteiger partial charge in [-0.1, -0.05) is 19.4 Å². The van der Waals surface area contributed by atoms with Crippen LogP contribution in [0.4, 0.5) is 9.18 Å². The predicted octanol–water partition coefficient (Wildman–Crippen LogP) is 4.20. The van der Waals surface area contributed by atoms with Gasteiger partial charge < -0.3 is 15.0 Å². The van der Waals surface area contributed by atoms with Crippen molar-refractivity contribution < 1.29 is 13.9 Å². The minimum atomic E-state index is -0.285. The Kier molecular flexibility index (Phi) is 5.35. The van der Waals surface area contributed by atoms with Crippen LogP contribution < -0.4 is 10.1 Å². The van der Waals surface area contributed by atoms with Crippen molar-refractivity contribution in [3.63, 3.8) is 0 Å². The van der Waals surface area contributed by atoms with Crippen molar-refractivity contribution in [2.75, 3.05) is 13.1 Å². The first-order chi connectivity index (χ1) is 11.7. The first-order valence-electron chi connectivity index (χ1n) is 8.16. The summed E-state index contributed by atoms with van der Waals surface area (Å²) in [6.07, 6.45) is 1.90. The van der Waals surface area contributed by atoms with Crippen LogP contribution in [0, 0.1) is 5.82 Å². The summed E-state index contributed by atoms with van der Waals surface area (Å²) in [6, 6.07) is 10.0. The Bertz CT molecular complexity index is 654. The monoisotopic (exact) mass is 348 g/mol. The lowest BCUT2D eigenvalue weighted by Crippen LogP contribution is -2.59. The number of urea groups is 1. The second-order valence-corrected chi connectivity index (χ2v) is 6.88. The number of nitrogens with zero attached hydrogens (tertiary/aromatic N) is 1. The normalized spacial score (nSPS) is 15.7. The van der Waals surface area contributed by atoms with Gasteiger partial charge in [0.15, 0.2) is 0 Å². The summed E-state index contributed by atoms with van der Waals surface area (Å²) in [6.45, 7) is 3.21. The predicted molar refractivity (Wildman–Crippen MR) is 92.9 cm³/mol. The molecule has 2 heterocycles. The van der Waals surface area contributed by atoms with E-state index >= 15 is 0 Å². The molecule has 0 spiro atoms. The molecule has 0 bridgehead atoms. The molecule has 1 aromatic heterocycles. The Morgan fingerprint density at radius 3 is 2.75 bits per heavy atom. The molecule has 3 rings (SSSR count). The maximum Gasteiger partial charge on any atom is 0.318 e. The number of amides is 2. The summed E-state index contributed by atoms with van der Waals surface area (Å²) >= 11 is 1.67. The van der Waals surface area contributed by atoms with Gasteiger partial charge in [-0.15, -0.1) is 11.3 Å². The Morgan fingerprint density at radius 1 is 1.38 bits per heavy atom. The van der Waals surface area contributed by atoms with Crippen LogP contribution in [-0.2, 0) is 0 Å². The van der Waals surface area contributed by atoms with Crippen molar-refractivity contribution >= 4 is 17.4 Å². The van der Waals surface area contributed by atoms with Crippen molar-refractivity contribution in [3.05, 3.63) is 52.5 Å². The SMILES string of the molecule is CCC[C@H](NC(=O)N1CC(Oc2ccc(F)cc2)C1)c1cccs1. The van der Waals surface area contributed by atoms with E-state index in [1.165, 1.54) is 17.0 Å². The number of thiophene rings is 1. The van der Waals surface area contributed by atoms with E-state index in [1.54, 1.807) is 28.4 Å². The molecule has 24 heavy (non-hydrogen) atoms. The molecule has 2 aromatic rings. The number of hydrogen-bond donors (Lipinski definition) is 1. The smallest absolute Gasteiger partial charge is 0.318 e. The van der Waals surface area contributed by atoms with Crippen molar-refractivity contribution in [2.45, 2.75) is 31.9 Å². The standard InChI is InChI=1S/C18H21FN2O2S/c1-2-4-16(17-5-3-10-24-17)20-18(22)21-11-15(12-21)23-14-8-6-13(19)7-9-14/h3,5-10,15-16H,2,4,11-12H2,1H3,(H,20,22)/t16-/m0/s1. The number of rotatable bonds is 6. The molecular weight excluding hydrogens is 327 g/mol. The molecule has 1 atom stereocenters. The number of ether oxygens (including phenoxy) is 1.